The molecular formula is C18H24N2O2. The molecule has 1 aromatic carbocycles. The monoisotopic (exact) mass is 300 g/mol. The Kier molecular flexibility index (Phi) is 3.57. The highest BCUT2D eigenvalue weighted by molar-refractivity contribution is 5.83. The number of benzene rings is 1. The van der Waals surface area contributed by atoms with Crippen molar-refractivity contribution in [1.82, 2.24) is 9.80 Å². The highest BCUT2D eigenvalue weighted by atomic mass is 16.5. The molecule has 4 nitrogen and oxygen atoms in total. The summed E-state index contributed by atoms with van der Waals surface area (Å²) >= 11 is 0. The number of fused-ring (bicyclic) bond motifs is 1. The lowest BCUT2D eigenvalue weighted by molar-refractivity contribution is -0.139. The molecule has 0 aliphatic carbocycles. The Morgan fingerprint density at radius 1 is 1.14 bits per heavy atom. The second kappa shape index (κ2) is 5.58. The van der Waals surface area contributed by atoms with E-state index in [0.717, 1.165) is 43.7 Å². The number of likely N-dealkylation sites (tertiary alicyclic amines) is 2. The Morgan fingerprint density at radius 3 is 2.68 bits per heavy atom. The summed E-state index contributed by atoms with van der Waals surface area (Å²) in [6.45, 7) is 2.05. The first kappa shape index (κ1) is 14.1. The number of ether oxygens (including phenoxy) is 1. The fraction of sp³-hybridized carbons (Fsp3) is 0.611. The van der Waals surface area contributed by atoms with E-state index in [1.54, 1.807) is 0 Å². The first-order chi connectivity index (χ1) is 10.7. The molecular weight excluding hydrogens is 276 g/mol. The Morgan fingerprint density at radius 2 is 1.91 bits per heavy atom. The van der Waals surface area contributed by atoms with Gasteiger partial charge in [-0.1, -0.05) is 18.2 Å². The summed E-state index contributed by atoms with van der Waals surface area (Å²) in [4.78, 5) is 17.5. The molecule has 118 valence electrons. The number of hydrogen-bond acceptors (Lipinski definition) is 3. The van der Waals surface area contributed by atoms with Crippen LogP contribution in [-0.2, 0) is 11.2 Å². The summed E-state index contributed by atoms with van der Waals surface area (Å²) in [5, 5.41) is 0. The molecule has 22 heavy (non-hydrogen) atoms. The van der Waals surface area contributed by atoms with Gasteiger partial charge in [0.1, 0.15) is 5.75 Å². The highest BCUT2D eigenvalue weighted by Gasteiger charge is 2.42. The van der Waals surface area contributed by atoms with Crippen molar-refractivity contribution in [3.05, 3.63) is 29.8 Å². The third-order valence-corrected chi connectivity index (χ3v) is 5.53. The van der Waals surface area contributed by atoms with Crippen LogP contribution in [0.4, 0.5) is 0 Å². The average Bonchev–Trinajstić information content (AvgIpc) is 3.24. The predicted molar refractivity (Wildman–Crippen MR) is 84.9 cm³/mol. The molecule has 3 aliphatic rings. The molecule has 4 rings (SSSR count). The Balaban J connectivity index is 1.48. The minimum atomic E-state index is -0.315. The van der Waals surface area contributed by atoms with Crippen LogP contribution < -0.4 is 4.74 Å². The summed E-state index contributed by atoms with van der Waals surface area (Å²) in [5.74, 6) is 1.08. The average molecular weight is 300 g/mol. The topological polar surface area (TPSA) is 32.8 Å². The SMILES string of the molecule is CN1CCCC1C1CCCN1C(=O)C1Cc2ccccc2O1. The van der Waals surface area contributed by atoms with Crippen molar-refractivity contribution in [2.24, 2.45) is 0 Å². The van der Waals surface area contributed by atoms with Crippen LogP contribution in [0.3, 0.4) is 0 Å². The zero-order valence-electron chi connectivity index (χ0n) is 13.2. The molecule has 0 radical (unpaired) electrons. The smallest absolute Gasteiger partial charge is 0.264 e. The van der Waals surface area contributed by atoms with Gasteiger partial charge >= 0.3 is 0 Å². The maximum atomic E-state index is 13.0. The highest BCUT2D eigenvalue weighted by Crippen LogP contribution is 2.33. The molecule has 0 saturated carbocycles. The maximum Gasteiger partial charge on any atom is 0.264 e. The molecule has 0 N–H and O–H groups in total. The van der Waals surface area contributed by atoms with E-state index in [-0.39, 0.29) is 12.0 Å². The van der Waals surface area contributed by atoms with Crippen molar-refractivity contribution in [1.29, 1.82) is 0 Å². The first-order valence-electron chi connectivity index (χ1n) is 8.49. The Labute approximate surface area is 132 Å². The van der Waals surface area contributed by atoms with E-state index in [4.69, 9.17) is 4.74 Å². The van der Waals surface area contributed by atoms with Gasteiger partial charge in [0.2, 0.25) is 0 Å². The van der Waals surface area contributed by atoms with Gasteiger partial charge in [-0.3, -0.25) is 4.79 Å². The number of amides is 1. The Hall–Kier alpha value is -1.55. The molecule has 0 aromatic heterocycles. The number of hydrogen-bond donors (Lipinski definition) is 0. The van der Waals surface area contributed by atoms with Crippen LogP contribution in [0.1, 0.15) is 31.2 Å². The minimum Gasteiger partial charge on any atom is -0.480 e. The van der Waals surface area contributed by atoms with Crippen molar-refractivity contribution in [2.45, 2.75) is 50.3 Å². The van der Waals surface area contributed by atoms with Gasteiger partial charge in [0, 0.05) is 25.0 Å². The molecule has 3 aliphatic heterocycles. The minimum absolute atomic E-state index is 0.194. The van der Waals surface area contributed by atoms with Gasteiger partial charge in [-0.2, -0.15) is 0 Å². The fourth-order valence-corrected chi connectivity index (χ4v) is 4.39. The molecule has 0 bridgehead atoms. The van der Waals surface area contributed by atoms with Crippen molar-refractivity contribution in [2.75, 3.05) is 20.1 Å². The normalized spacial score (nSPS) is 31.3. The molecule has 4 heteroatoms. The van der Waals surface area contributed by atoms with Gasteiger partial charge in [0.05, 0.1) is 0 Å². The molecule has 2 saturated heterocycles. The summed E-state index contributed by atoms with van der Waals surface area (Å²) in [6, 6.07) is 8.94. The molecule has 3 heterocycles. The van der Waals surface area contributed by atoms with Crippen LogP contribution >= 0.6 is 0 Å². The van der Waals surface area contributed by atoms with Crippen molar-refractivity contribution >= 4 is 5.91 Å². The second-order valence-electron chi connectivity index (χ2n) is 6.85. The third-order valence-electron chi connectivity index (χ3n) is 5.53. The number of carbonyl (C=O) groups is 1. The largest absolute Gasteiger partial charge is 0.480 e. The van der Waals surface area contributed by atoms with Crippen molar-refractivity contribution < 1.29 is 9.53 Å². The van der Waals surface area contributed by atoms with E-state index >= 15 is 0 Å². The van der Waals surface area contributed by atoms with Gasteiger partial charge in [0.25, 0.3) is 5.91 Å². The number of nitrogens with zero attached hydrogens (tertiary/aromatic N) is 2. The summed E-state index contributed by atoms with van der Waals surface area (Å²) in [5.41, 5.74) is 1.16. The van der Waals surface area contributed by atoms with E-state index in [1.165, 1.54) is 12.8 Å². The third kappa shape index (κ3) is 2.30. The molecule has 2 fully saturated rings. The van der Waals surface area contributed by atoms with Crippen LogP contribution in [0.5, 0.6) is 5.75 Å². The number of rotatable bonds is 2. The van der Waals surface area contributed by atoms with E-state index in [0.29, 0.717) is 12.1 Å². The zero-order valence-corrected chi connectivity index (χ0v) is 13.2. The first-order valence-corrected chi connectivity index (χ1v) is 8.49. The zero-order chi connectivity index (χ0) is 15.1. The fourth-order valence-electron chi connectivity index (χ4n) is 4.39. The van der Waals surface area contributed by atoms with Gasteiger partial charge in [-0.05, 0) is 50.9 Å². The van der Waals surface area contributed by atoms with E-state index < -0.39 is 0 Å². The summed E-state index contributed by atoms with van der Waals surface area (Å²) in [6.07, 6.45) is 5.14. The van der Waals surface area contributed by atoms with E-state index in [9.17, 15) is 4.79 Å². The van der Waals surface area contributed by atoms with Gasteiger partial charge in [-0.15, -0.1) is 0 Å². The van der Waals surface area contributed by atoms with E-state index in [2.05, 4.69) is 22.9 Å². The van der Waals surface area contributed by atoms with Crippen molar-refractivity contribution in [3.8, 4) is 5.75 Å². The van der Waals surface area contributed by atoms with Crippen LogP contribution in [0.25, 0.3) is 0 Å². The summed E-state index contributed by atoms with van der Waals surface area (Å²) in [7, 11) is 2.20. The standard InChI is InChI=1S/C18H24N2O2/c1-19-10-4-7-14(19)15-8-5-11-20(15)18(21)17-12-13-6-2-3-9-16(13)22-17/h2-3,6,9,14-15,17H,4-5,7-8,10-12H2,1H3. The predicted octanol–water partition coefficient (Wildman–Crippen LogP) is 2.08. The number of likely N-dealkylation sites (N-methyl/N-ethyl adjacent to an activating group) is 1. The lowest BCUT2D eigenvalue weighted by atomic mass is 10.0. The quantitative estimate of drug-likeness (QED) is 0.838. The van der Waals surface area contributed by atoms with Crippen LogP contribution in [0.15, 0.2) is 24.3 Å². The van der Waals surface area contributed by atoms with Crippen LogP contribution in [0, 0.1) is 0 Å². The van der Waals surface area contributed by atoms with Gasteiger partial charge in [-0.25, -0.2) is 0 Å². The van der Waals surface area contributed by atoms with Gasteiger partial charge < -0.3 is 14.5 Å². The second-order valence-corrected chi connectivity index (χ2v) is 6.85. The van der Waals surface area contributed by atoms with Crippen molar-refractivity contribution in [3.63, 3.8) is 0 Å². The van der Waals surface area contributed by atoms with E-state index in [1.807, 2.05) is 18.2 Å². The van der Waals surface area contributed by atoms with Crippen LogP contribution in [-0.4, -0.2) is 54.0 Å². The molecule has 3 unspecified atom stereocenters. The number of carbonyl (C=O) groups excluding carboxylic acids is 1. The Bertz CT molecular complexity index is 549. The van der Waals surface area contributed by atoms with Gasteiger partial charge in [0.15, 0.2) is 6.10 Å². The summed E-state index contributed by atoms with van der Waals surface area (Å²) < 4.78 is 5.91. The maximum absolute atomic E-state index is 13.0. The lowest BCUT2D eigenvalue weighted by Crippen LogP contribution is -2.50. The molecule has 1 amide bonds. The number of para-hydroxylation sites is 1. The van der Waals surface area contributed by atoms with Crippen LogP contribution in [0.2, 0.25) is 0 Å². The molecule has 3 atom stereocenters. The lowest BCUT2D eigenvalue weighted by Gasteiger charge is -2.34. The molecule has 0 spiro atoms. The molecule has 1 aromatic rings.